The molecule has 3 aromatic rings. The molecule has 5 nitrogen and oxygen atoms in total. The van der Waals surface area contributed by atoms with Gasteiger partial charge in [0, 0.05) is 30.1 Å². The first-order valence-corrected chi connectivity index (χ1v) is 7.86. The second kappa shape index (κ2) is 6.81. The Kier molecular flexibility index (Phi) is 4.71. The van der Waals surface area contributed by atoms with E-state index in [-0.39, 0.29) is 24.1 Å². The Hall–Kier alpha value is -2.84. The number of aromatic nitrogens is 3. The summed E-state index contributed by atoms with van der Waals surface area (Å²) in [4.78, 5) is 19.2. The molecular formula is C17H16F4N4O. The highest BCUT2D eigenvalue weighted by atomic mass is 19.4. The highest BCUT2D eigenvalue weighted by Gasteiger charge is 2.27. The molecule has 26 heavy (non-hydrogen) atoms. The lowest BCUT2D eigenvalue weighted by atomic mass is 10.1. The van der Waals surface area contributed by atoms with Gasteiger partial charge in [0.15, 0.2) is 0 Å². The van der Waals surface area contributed by atoms with Crippen LogP contribution in [0.15, 0.2) is 35.5 Å². The number of alkyl halides is 3. The van der Waals surface area contributed by atoms with Crippen LogP contribution in [-0.2, 0) is 13.0 Å². The van der Waals surface area contributed by atoms with E-state index in [2.05, 4.69) is 15.3 Å². The van der Waals surface area contributed by atoms with E-state index in [1.807, 2.05) is 0 Å². The number of H-pyrrole nitrogens is 1. The van der Waals surface area contributed by atoms with Gasteiger partial charge in [-0.1, -0.05) is 0 Å². The summed E-state index contributed by atoms with van der Waals surface area (Å²) in [5.74, 6) is -0.601. The Bertz CT molecular complexity index is 991. The first kappa shape index (κ1) is 18.0. The number of rotatable bonds is 5. The predicted molar refractivity (Wildman–Crippen MR) is 89.8 cm³/mol. The summed E-state index contributed by atoms with van der Waals surface area (Å²) in [6, 6.07) is 3.97. The van der Waals surface area contributed by atoms with Gasteiger partial charge < -0.3 is 10.3 Å². The summed E-state index contributed by atoms with van der Waals surface area (Å²) in [5.41, 5.74) is 1.29. The minimum absolute atomic E-state index is 0.135. The number of anilines is 1. The Morgan fingerprint density at radius 3 is 2.73 bits per heavy atom. The van der Waals surface area contributed by atoms with Crippen LogP contribution in [0.2, 0.25) is 0 Å². The fourth-order valence-corrected chi connectivity index (χ4v) is 2.81. The molecule has 138 valence electrons. The van der Waals surface area contributed by atoms with E-state index in [0.717, 1.165) is 6.07 Å². The Morgan fingerprint density at radius 1 is 1.27 bits per heavy atom. The lowest BCUT2D eigenvalue weighted by Gasteiger charge is -2.07. The van der Waals surface area contributed by atoms with Crippen LogP contribution in [-0.4, -0.2) is 27.8 Å². The quantitative estimate of drug-likeness (QED) is 0.678. The average Bonchev–Trinajstić information content (AvgIpc) is 2.96. The third-order valence-electron chi connectivity index (χ3n) is 4.02. The van der Waals surface area contributed by atoms with Gasteiger partial charge in [-0.15, -0.1) is 0 Å². The van der Waals surface area contributed by atoms with Crippen LogP contribution in [0.3, 0.4) is 0 Å². The first-order valence-electron chi connectivity index (χ1n) is 7.86. The molecule has 0 aliphatic carbocycles. The van der Waals surface area contributed by atoms with Crippen molar-refractivity contribution < 1.29 is 17.6 Å². The number of halogens is 4. The maximum atomic E-state index is 13.7. The van der Waals surface area contributed by atoms with Crippen LogP contribution in [0.1, 0.15) is 17.7 Å². The second-order valence-electron chi connectivity index (χ2n) is 5.93. The van der Waals surface area contributed by atoms with Crippen LogP contribution < -0.4 is 10.9 Å². The zero-order valence-electron chi connectivity index (χ0n) is 13.8. The van der Waals surface area contributed by atoms with Crippen molar-refractivity contribution in [3.05, 3.63) is 58.2 Å². The number of hydrogen-bond acceptors (Lipinski definition) is 3. The van der Waals surface area contributed by atoms with Crippen molar-refractivity contribution in [2.24, 2.45) is 0 Å². The number of nitrogens with one attached hydrogen (secondary N) is 2. The van der Waals surface area contributed by atoms with E-state index in [1.54, 1.807) is 13.1 Å². The van der Waals surface area contributed by atoms with E-state index < -0.39 is 18.4 Å². The third kappa shape index (κ3) is 3.87. The van der Waals surface area contributed by atoms with Gasteiger partial charge in [0.05, 0.1) is 19.1 Å². The minimum Gasteiger partial charge on any atom is -0.382 e. The lowest BCUT2D eigenvalue weighted by molar-refractivity contribution is -0.133. The monoisotopic (exact) mass is 368 g/mol. The SMILES string of the molecule is CNc1cncn(Cc2cc3cc(F)cc(CCC(F)(F)F)c3[nH]2)c1=O. The molecule has 1 aromatic carbocycles. The number of fused-ring (bicyclic) bond motifs is 1. The molecule has 0 unspecified atom stereocenters. The van der Waals surface area contributed by atoms with Crippen LogP contribution in [0.5, 0.6) is 0 Å². The van der Waals surface area contributed by atoms with Crippen molar-refractivity contribution in [1.29, 1.82) is 0 Å². The summed E-state index contributed by atoms with van der Waals surface area (Å²) in [5, 5.41) is 3.19. The zero-order valence-corrected chi connectivity index (χ0v) is 13.8. The van der Waals surface area contributed by atoms with Crippen LogP contribution in [0, 0.1) is 5.82 Å². The fourth-order valence-electron chi connectivity index (χ4n) is 2.81. The maximum Gasteiger partial charge on any atom is 0.389 e. The second-order valence-corrected chi connectivity index (χ2v) is 5.93. The molecule has 3 rings (SSSR count). The molecule has 0 bridgehead atoms. The van der Waals surface area contributed by atoms with Gasteiger partial charge in [0.25, 0.3) is 5.56 Å². The summed E-state index contributed by atoms with van der Waals surface area (Å²) in [6.07, 6.45) is -2.92. The standard InChI is InChI=1S/C17H16F4N4O/c1-22-14-7-23-9-25(16(14)26)8-13-6-11-5-12(18)4-10(15(11)24-13)2-3-17(19,20)21/h4-7,9,22,24H,2-3,8H2,1H3. The Morgan fingerprint density at radius 2 is 2.04 bits per heavy atom. The predicted octanol–water partition coefficient (Wildman–Crippen LogP) is 3.45. The summed E-state index contributed by atoms with van der Waals surface area (Å²) in [7, 11) is 1.60. The van der Waals surface area contributed by atoms with Gasteiger partial charge >= 0.3 is 6.18 Å². The maximum absolute atomic E-state index is 13.7. The van der Waals surface area contributed by atoms with Gasteiger partial charge in [-0.2, -0.15) is 13.2 Å². The normalized spacial score (nSPS) is 11.9. The van der Waals surface area contributed by atoms with Gasteiger partial charge in [-0.25, -0.2) is 9.37 Å². The molecule has 2 heterocycles. The molecule has 0 saturated heterocycles. The largest absolute Gasteiger partial charge is 0.389 e. The smallest absolute Gasteiger partial charge is 0.382 e. The van der Waals surface area contributed by atoms with Crippen molar-refractivity contribution in [1.82, 2.24) is 14.5 Å². The van der Waals surface area contributed by atoms with E-state index in [9.17, 15) is 22.4 Å². The number of aromatic amines is 1. The van der Waals surface area contributed by atoms with Crippen LogP contribution in [0.25, 0.3) is 10.9 Å². The van der Waals surface area contributed by atoms with E-state index in [0.29, 0.717) is 22.3 Å². The molecule has 0 radical (unpaired) electrons. The third-order valence-corrected chi connectivity index (χ3v) is 4.02. The number of aryl methyl sites for hydroxylation is 1. The highest BCUT2D eigenvalue weighted by molar-refractivity contribution is 5.83. The molecule has 0 amide bonds. The molecule has 2 N–H and O–H groups in total. The fraction of sp³-hybridized carbons (Fsp3) is 0.294. The molecule has 9 heteroatoms. The topological polar surface area (TPSA) is 62.7 Å². The summed E-state index contributed by atoms with van der Waals surface area (Å²) >= 11 is 0. The molecule has 0 aliphatic heterocycles. The minimum atomic E-state index is -4.32. The Labute approximate surface area is 145 Å². The van der Waals surface area contributed by atoms with Crippen molar-refractivity contribution >= 4 is 16.6 Å². The van der Waals surface area contributed by atoms with Gasteiger partial charge in [0.1, 0.15) is 11.5 Å². The van der Waals surface area contributed by atoms with Crippen molar-refractivity contribution in [2.75, 3.05) is 12.4 Å². The average molecular weight is 368 g/mol. The molecule has 0 saturated carbocycles. The van der Waals surface area contributed by atoms with Crippen LogP contribution >= 0.6 is 0 Å². The number of hydrogen-bond donors (Lipinski definition) is 2. The summed E-state index contributed by atoms with van der Waals surface area (Å²) in [6.45, 7) is 0.135. The van der Waals surface area contributed by atoms with E-state index >= 15 is 0 Å². The molecule has 0 spiro atoms. The zero-order chi connectivity index (χ0) is 18.9. The molecular weight excluding hydrogens is 352 g/mol. The molecule has 0 atom stereocenters. The van der Waals surface area contributed by atoms with Gasteiger partial charge in [-0.3, -0.25) is 9.36 Å². The number of nitrogens with zero attached hydrogens (tertiary/aromatic N) is 2. The van der Waals surface area contributed by atoms with Gasteiger partial charge in [-0.05, 0) is 30.2 Å². The van der Waals surface area contributed by atoms with E-state index in [4.69, 9.17) is 0 Å². The van der Waals surface area contributed by atoms with Gasteiger partial charge in [0.2, 0.25) is 0 Å². The first-order chi connectivity index (χ1) is 12.3. The molecule has 0 aliphatic rings. The molecule has 2 aromatic heterocycles. The Balaban J connectivity index is 1.95. The molecule has 0 fully saturated rings. The van der Waals surface area contributed by atoms with Crippen molar-refractivity contribution in [3.8, 4) is 0 Å². The summed E-state index contributed by atoms with van der Waals surface area (Å²) < 4.78 is 52.6. The lowest BCUT2D eigenvalue weighted by Crippen LogP contribution is -2.23. The number of benzene rings is 1. The van der Waals surface area contributed by atoms with E-state index in [1.165, 1.54) is 23.2 Å². The van der Waals surface area contributed by atoms with Crippen molar-refractivity contribution in [2.45, 2.75) is 25.6 Å². The highest BCUT2D eigenvalue weighted by Crippen LogP contribution is 2.27. The van der Waals surface area contributed by atoms with Crippen LogP contribution in [0.4, 0.5) is 23.2 Å². The van der Waals surface area contributed by atoms with Crippen molar-refractivity contribution in [3.63, 3.8) is 0 Å².